The highest BCUT2D eigenvalue weighted by molar-refractivity contribution is 6.02. The molecule has 0 aliphatic carbocycles. The molecule has 0 saturated heterocycles. The van der Waals surface area contributed by atoms with Gasteiger partial charge in [-0.15, -0.1) is 0 Å². The first-order valence-electron chi connectivity index (χ1n) is 9.24. The van der Waals surface area contributed by atoms with Crippen molar-refractivity contribution in [1.29, 1.82) is 0 Å². The number of carbonyl (C=O) groups excluding carboxylic acids is 2. The summed E-state index contributed by atoms with van der Waals surface area (Å²) < 4.78 is 20.4. The second kappa shape index (κ2) is 19.6. The summed E-state index contributed by atoms with van der Waals surface area (Å²) in [5.74, 6) is 1.17. The summed E-state index contributed by atoms with van der Waals surface area (Å²) in [6.07, 6.45) is -0.138. The Morgan fingerprint density at radius 3 is 1.23 bits per heavy atom. The van der Waals surface area contributed by atoms with E-state index in [0.29, 0.717) is 0 Å². The summed E-state index contributed by atoms with van der Waals surface area (Å²) in [5.41, 5.74) is 0. The highest BCUT2D eigenvalue weighted by atomic mass is 16.5. The van der Waals surface area contributed by atoms with E-state index in [0.717, 1.165) is 0 Å². The van der Waals surface area contributed by atoms with Crippen LogP contribution in [-0.4, -0.2) is 99.9 Å². The fourth-order valence-corrected chi connectivity index (χ4v) is 1.64. The van der Waals surface area contributed by atoms with E-state index in [-0.39, 0.29) is 78.8 Å². The lowest BCUT2D eigenvalue weighted by Gasteiger charge is -2.05. The van der Waals surface area contributed by atoms with Gasteiger partial charge < -0.3 is 39.8 Å². The molecule has 2 amide bonds. The number of carboxylic acid groups (broad SMARTS) is 2. The molecule has 0 radical (unpaired) electrons. The van der Waals surface area contributed by atoms with Crippen molar-refractivity contribution in [2.75, 3.05) is 65.9 Å². The summed E-state index contributed by atoms with van der Waals surface area (Å²) >= 11 is 0. The predicted octanol–water partition coefficient (Wildman–Crippen LogP) is -1.76. The minimum atomic E-state index is -0.932. The molecule has 4 N–H and O–H groups in total. The minimum Gasteiger partial charge on any atom is -0.481 e. The van der Waals surface area contributed by atoms with Crippen LogP contribution < -0.4 is 10.6 Å². The van der Waals surface area contributed by atoms with Crippen LogP contribution >= 0.6 is 0 Å². The van der Waals surface area contributed by atoms with E-state index in [1.807, 2.05) is 0 Å². The molecule has 0 aliphatic rings. The van der Waals surface area contributed by atoms with Crippen LogP contribution in [0.5, 0.6) is 0 Å². The molecule has 0 saturated carbocycles. The van der Waals surface area contributed by atoms with E-state index >= 15 is 0 Å². The number of rotatable bonds is 18. The van der Waals surface area contributed by atoms with Gasteiger partial charge >= 0.3 is 11.9 Å². The van der Waals surface area contributed by atoms with Gasteiger partial charge in [0.1, 0.15) is 0 Å². The normalized spacial score (nSPS) is 10.0. The predicted molar refractivity (Wildman–Crippen MR) is 102 cm³/mol. The van der Waals surface area contributed by atoms with Gasteiger partial charge in [-0.2, -0.15) is 0 Å². The van der Waals surface area contributed by atoms with Crippen molar-refractivity contribution in [3.63, 3.8) is 0 Å². The average molecular weight is 432 g/mol. The van der Waals surface area contributed by atoms with Crippen LogP contribution in [0.3, 0.4) is 0 Å². The van der Waals surface area contributed by atoms with Crippen LogP contribution in [0, 0.1) is 11.8 Å². The van der Waals surface area contributed by atoms with Gasteiger partial charge in [0.2, 0.25) is 0 Å². The first-order chi connectivity index (χ1) is 14.4. The fourth-order valence-electron chi connectivity index (χ4n) is 1.64. The molecule has 0 aromatic heterocycles. The van der Waals surface area contributed by atoms with Crippen LogP contribution in [0.4, 0.5) is 0 Å². The van der Waals surface area contributed by atoms with Crippen molar-refractivity contribution in [3.8, 4) is 11.8 Å². The number of nitrogens with one attached hydrogen (secondary N) is 2. The lowest BCUT2D eigenvalue weighted by Crippen LogP contribution is -2.28. The third-order valence-electron chi connectivity index (χ3n) is 3.02. The van der Waals surface area contributed by atoms with Gasteiger partial charge in [0.25, 0.3) is 11.8 Å². The fraction of sp³-hybridized carbons (Fsp3) is 0.667. The smallest absolute Gasteiger partial charge is 0.305 e. The molecule has 0 unspecified atom stereocenters. The van der Waals surface area contributed by atoms with Crippen LogP contribution in [0.2, 0.25) is 0 Å². The molecule has 12 nitrogen and oxygen atoms in total. The highest BCUT2D eigenvalue weighted by Gasteiger charge is 2.00. The lowest BCUT2D eigenvalue weighted by molar-refractivity contribution is -0.139. The second-order valence-electron chi connectivity index (χ2n) is 5.50. The third kappa shape index (κ3) is 21.6. The number of ether oxygens (including phenoxy) is 4. The maximum absolute atomic E-state index is 11.5. The number of amides is 2. The topological polar surface area (TPSA) is 170 Å². The average Bonchev–Trinajstić information content (AvgIpc) is 2.69. The molecule has 0 atom stereocenters. The van der Waals surface area contributed by atoms with E-state index in [2.05, 4.69) is 22.5 Å². The zero-order chi connectivity index (χ0) is 22.5. The molecular formula is C18H28N2O10. The first-order valence-corrected chi connectivity index (χ1v) is 9.24. The maximum Gasteiger partial charge on any atom is 0.305 e. The molecule has 0 spiro atoms. The molecular weight excluding hydrogens is 404 g/mol. The van der Waals surface area contributed by atoms with E-state index in [9.17, 15) is 19.2 Å². The number of carbonyl (C=O) groups is 4. The zero-order valence-electron chi connectivity index (χ0n) is 16.6. The Kier molecular flexibility index (Phi) is 17.8. The van der Waals surface area contributed by atoms with Crippen molar-refractivity contribution < 1.29 is 48.3 Å². The van der Waals surface area contributed by atoms with Gasteiger partial charge in [-0.1, -0.05) is 0 Å². The Bertz CT molecular complexity index is 537. The van der Waals surface area contributed by atoms with Crippen molar-refractivity contribution in [2.24, 2.45) is 0 Å². The Labute approximate surface area is 174 Å². The molecule has 0 aliphatic heterocycles. The maximum atomic E-state index is 11.5. The quantitative estimate of drug-likeness (QED) is 0.144. The van der Waals surface area contributed by atoms with Crippen LogP contribution in [-0.2, 0) is 38.1 Å². The molecule has 0 fully saturated rings. The van der Waals surface area contributed by atoms with Crippen LogP contribution in [0.15, 0.2) is 0 Å². The third-order valence-corrected chi connectivity index (χ3v) is 3.02. The van der Waals surface area contributed by atoms with Crippen molar-refractivity contribution >= 4 is 23.8 Å². The lowest BCUT2D eigenvalue weighted by atomic mass is 10.5. The highest BCUT2D eigenvalue weighted by Crippen LogP contribution is 1.84. The molecule has 0 heterocycles. The molecule has 30 heavy (non-hydrogen) atoms. The standard InChI is InChI=1S/C18H28N2O10/c21-15(19-5-9-29-13-11-27-7-3-17(23)24)1-2-16(22)20-6-10-30-14-12-28-8-4-18(25)26/h3-14H2,(H,19,21)(H,20,22)(H,23,24)(H,25,26). The summed E-state index contributed by atoms with van der Waals surface area (Å²) in [7, 11) is 0. The van der Waals surface area contributed by atoms with Crippen LogP contribution in [0.1, 0.15) is 12.8 Å². The van der Waals surface area contributed by atoms with E-state index in [1.165, 1.54) is 0 Å². The molecule has 170 valence electrons. The summed E-state index contributed by atoms with van der Waals surface area (Å²) in [4.78, 5) is 43.4. The van der Waals surface area contributed by atoms with Crippen LogP contribution in [0.25, 0.3) is 0 Å². The van der Waals surface area contributed by atoms with E-state index in [1.54, 1.807) is 0 Å². The van der Waals surface area contributed by atoms with Gasteiger partial charge in [0, 0.05) is 24.9 Å². The van der Waals surface area contributed by atoms with Gasteiger partial charge in [-0.05, 0) is 0 Å². The van der Waals surface area contributed by atoms with Gasteiger partial charge in [0.15, 0.2) is 0 Å². The van der Waals surface area contributed by atoms with Crippen molar-refractivity contribution in [2.45, 2.75) is 12.8 Å². The SMILES string of the molecule is O=C(O)CCOCCOCCNC(=O)C#CC(=O)NCCOCCOCCC(=O)O. The summed E-state index contributed by atoms with van der Waals surface area (Å²) in [6, 6.07) is 0. The number of aliphatic carboxylic acids is 2. The molecule has 0 rings (SSSR count). The minimum absolute atomic E-state index is 0.0690. The first kappa shape index (κ1) is 27.3. The molecule has 0 aromatic carbocycles. The zero-order valence-corrected chi connectivity index (χ0v) is 16.6. The van der Waals surface area contributed by atoms with Gasteiger partial charge in [-0.25, -0.2) is 0 Å². The van der Waals surface area contributed by atoms with Crippen molar-refractivity contribution in [3.05, 3.63) is 0 Å². The van der Waals surface area contributed by atoms with E-state index in [4.69, 9.17) is 29.2 Å². The van der Waals surface area contributed by atoms with E-state index < -0.39 is 23.8 Å². The van der Waals surface area contributed by atoms with Crippen molar-refractivity contribution in [1.82, 2.24) is 10.6 Å². The Balaban J connectivity index is 3.51. The largest absolute Gasteiger partial charge is 0.481 e. The molecule has 12 heteroatoms. The molecule has 0 bridgehead atoms. The Morgan fingerprint density at radius 1 is 0.567 bits per heavy atom. The van der Waals surface area contributed by atoms with Gasteiger partial charge in [-0.3, -0.25) is 19.2 Å². The monoisotopic (exact) mass is 432 g/mol. The molecule has 0 aromatic rings. The summed E-state index contributed by atoms with van der Waals surface area (Å²) in [5, 5.41) is 21.7. The summed E-state index contributed by atoms with van der Waals surface area (Å²) in [6.45, 7) is 2.10. The second-order valence-corrected chi connectivity index (χ2v) is 5.50. The van der Waals surface area contributed by atoms with Gasteiger partial charge in [0.05, 0.1) is 65.7 Å². The number of hydrogen-bond donors (Lipinski definition) is 4. The number of hydrogen-bond acceptors (Lipinski definition) is 8. The Hall–Kier alpha value is -2.72. The Morgan fingerprint density at radius 2 is 0.900 bits per heavy atom. The number of carboxylic acids is 2.